The maximum absolute atomic E-state index is 11.7. The number of hydrogen-bond acceptors (Lipinski definition) is 6. The molecule has 0 fully saturated rings. The average Bonchev–Trinajstić information content (AvgIpc) is 2.89. The quantitative estimate of drug-likeness (QED) is 0.799. The number of aromatic nitrogens is 4. The Hall–Kier alpha value is -1.76. The van der Waals surface area contributed by atoms with Gasteiger partial charge in [-0.25, -0.2) is 4.68 Å². The Morgan fingerprint density at radius 1 is 1.29 bits per heavy atom. The number of aryl methyl sites for hydroxylation is 1. The first-order valence-corrected chi connectivity index (χ1v) is 7.81. The Morgan fingerprint density at radius 2 is 2.05 bits per heavy atom. The molecule has 0 amide bonds. The van der Waals surface area contributed by atoms with Gasteiger partial charge in [0.2, 0.25) is 5.13 Å². The highest BCUT2D eigenvalue weighted by atomic mass is 32.1. The number of nitrogens with zero attached hydrogens (tertiary/aromatic N) is 5. The second-order valence-corrected chi connectivity index (χ2v) is 7.35. The Bertz CT molecular complexity index is 728. The van der Waals surface area contributed by atoms with Crippen LogP contribution in [0.3, 0.4) is 0 Å². The van der Waals surface area contributed by atoms with Crippen molar-refractivity contribution in [3.05, 3.63) is 32.7 Å². The number of anilines is 1. The van der Waals surface area contributed by atoms with Crippen LogP contribution in [0.4, 0.5) is 5.13 Å². The van der Waals surface area contributed by atoms with E-state index in [1.807, 2.05) is 0 Å². The third kappa shape index (κ3) is 2.70. The molecule has 0 saturated carbocycles. The van der Waals surface area contributed by atoms with E-state index in [4.69, 9.17) is 0 Å². The zero-order chi connectivity index (χ0) is 15.2. The summed E-state index contributed by atoms with van der Waals surface area (Å²) in [5, 5.41) is 14.9. The fourth-order valence-electron chi connectivity index (χ4n) is 2.30. The van der Waals surface area contributed by atoms with E-state index in [-0.39, 0.29) is 11.0 Å². The predicted molar refractivity (Wildman–Crippen MR) is 82.8 cm³/mol. The van der Waals surface area contributed by atoms with E-state index in [1.165, 1.54) is 4.68 Å². The predicted octanol–water partition coefficient (Wildman–Crippen LogP) is 1.49. The summed E-state index contributed by atoms with van der Waals surface area (Å²) in [7, 11) is 1.69. The normalized spacial score (nSPS) is 15.1. The molecule has 3 rings (SSSR count). The Kier molecular flexibility index (Phi) is 3.32. The van der Waals surface area contributed by atoms with Crippen LogP contribution in [0.5, 0.6) is 0 Å². The summed E-state index contributed by atoms with van der Waals surface area (Å²) >= 11 is 1.63. The zero-order valence-electron chi connectivity index (χ0n) is 12.8. The standard InChI is InChI=1S/C14H19N5OS/c1-14(2,3)12-15-16-13(21-12)19-6-5-10-9(8-19)7-11(20)18(4)17-10/h7H,5-6,8H2,1-4H3. The van der Waals surface area contributed by atoms with Gasteiger partial charge in [-0.2, -0.15) is 5.10 Å². The van der Waals surface area contributed by atoms with E-state index in [0.717, 1.165) is 34.4 Å². The highest BCUT2D eigenvalue weighted by molar-refractivity contribution is 7.15. The molecule has 1 aliphatic rings. The number of hydrogen-bond donors (Lipinski definition) is 0. The van der Waals surface area contributed by atoms with Gasteiger partial charge in [-0.1, -0.05) is 32.1 Å². The molecule has 6 nitrogen and oxygen atoms in total. The molecular weight excluding hydrogens is 286 g/mol. The molecule has 2 aromatic rings. The molecule has 0 aliphatic carbocycles. The molecule has 0 N–H and O–H groups in total. The van der Waals surface area contributed by atoms with Crippen molar-refractivity contribution in [2.24, 2.45) is 7.05 Å². The molecular formula is C14H19N5OS. The summed E-state index contributed by atoms with van der Waals surface area (Å²) in [6.07, 6.45) is 0.827. The SMILES string of the molecule is Cn1nc2c(cc1=O)CN(c1nnc(C(C)(C)C)s1)CC2. The van der Waals surface area contributed by atoms with Gasteiger partial charge < -0.3 is 4.90 Å². The van der Waals surface area contributed by atoms with Crippen LogP contribution in [0.15, 0.2) is 10.9 Å². The first-order valence-electron chi connectivity index (χ1n) is 6.99. The molecule has 2 aromatic heterocycles. The van der Waals surface area contributed by atoms with Gasteiger partial charge in [-0.05, 0) is 0 Å². The highest BCUT2D eigenvalue weighted by Crippen LogP contribution is 2.31. The Balaban J connectivity index is 1.88. The second-order valence-electron chi connectivity index (χ2n) is 6.39. The van der Waals surface area contributed by atoms with Crippen LogP contribution in [-0.2, 0) is 25.4 Å². The fraction of sp³-hybridized carbons (Fsp3) is 0.571. The van der Waals surface area contributed by atoms with E-state index >= 15 is 0 Å². The molecule has 0 spiro atoms. The third-order valence-corrected chi connectivity index (χ3v) is 4.97. The van der Waals surface area contributed by atoms with Gasteiger partial charge in [0.05, 0.1) is 5.69 Å². The van der Waals surface area contributed by atoms with Gasteiger partial charge >= 0.3 is 0 Å². The smallest absolute Gasteiger partial charge is 0.266 e. The van der Waals surface area contributed by atoms with E-state index in [1.54, 1.807) is 24.5 Å². The third-order valence-electron chi connectivity index (χ3n) is 3.56. The molecule has 0 radical (unpaired) electrons. The van der Waals surface area contributed by atoms with Gasteiger partial charge in [-0.3, -0.25) is 4.79 Å². The number of rotatable bonds is 1. The summed E-state index contributed by atoms with van der Waals surface area (Å²) in [5.74, 6) is 0. The van der Waals surface area contributed by atoms with Crippen LogP contribution in [0.25, 0.3) is 0 Å². The minimum Gasteiger partial charge on any atom is -0.342 e. The van der Waals surface area contributed by atoms with Crippen molar-refractivity contribution in [3.63, 3.8) is 0 Å². The second kappa shape index (κ2) is 4.91. The molecule has 0 saturated heterocycles. The monoisotopic (exact) mass is 305 g/mol. The van der Waals surface area contributed by atoms with Gasteiger partial charge in [0.1, 0.15) is 5.01 Å². The average molecular weight is 305 g/mol. The van der Waals surface area contributed by atoms with Crippen LogP contribution in [0, 0.1) is 0 Å². The van der Waals surface area contributed by atoms with E-state index < -0.39 is 0 Å². The molecule has 7 heteroatoms. The van der Waals surface area contributed by atoms with Crippen molar-refractivity contribution >= 4 is 16.5 Å². The van der Waals surface area contributed by atoms with Gasteiger partial charge in [-0.15, -0.1) is 10.2 Å². The van der Waals surface area contributed by atoms with E-state index in [2.05, 4.69) is 41.0 Å². The van der Waals surface area contributed by atoms with Crippen molar-refractivity contribution in [3.8, 4) is 0 Å². The first kappa shape index (κ1) is 14.2. The molecule has 0 unspecified atom stereocenters. The van der Waals surface area contributed by atoms with Crippen LogP contribution in [0.2, 0.25) is 0 Å². The largest absolute Gasteiger partial charge is 0.342 e. The van der Waals surface area contributed by atoms with Crippen molar-refractivity contribution in [2.45, 2.75) is 39.2 Å². The summed E-state index contributed by atoms with van der Waals surface area (Å²) in [5.41, 5.74) is 1.95. The van der Waals surface area contributed by atoms with Crippen LogP contribution >= 0.6 is 11.3 Å². The number of fused-ring (bicyclic) bond motifs is 1. The first-order chi connectivity index (χ1) is 9.84. The minimum absolute atomic E-state index is 0.0150. The maximum Gasteiger partial charge on any atom is 0.266 e. The molecule has 21 heavy (non-hydrogen) atoms. The zero-order valence-corrected chi connectivity index (χ0v) is 13.6. The van der Waals surface area contributed by atoms with Crippen molar-refractivity contribution < 1.29 is 0 Å². The van der Waals surface area contributed by atoms with Crippen LogP contribution < -0.4 is 10.5 Å². The van der Waals surface area contributed by atoms with Crippen molar-refractivity contribution in [1.82, 2.24) is 20.0 Å². The van der Waals surface area contributed by atoms with Crippen molar-refractivity contribution in [1.29, 1.82) is 0 Å². The lowest BCUT2D eigenvalue weighted by Crippen LogP contribution is -2.34. The highest BCUT2D eigenvalue weighted by Gasteiger charge is 2.24. The molecule has 0 bridgehead atoms. The molecule has 3 heterocycles. The van der Waals surface area contributed by atoms with Crippen molar-refractivity contribution in [2.75, 3.05) is 11.4 Å². The summed E-state index contributed by atoms with van der Waals surface area (Å²) < 4.78 is 1.40. The van der Waals surface area contributed by atoms with Gasteiger partial charge in [0.15, 0.2) is 0 Å². The summed E-state index contributed by atoms with van der Waals surface area (Å²) in [6.45, 7) is 7.94. The van der Waals surface area contributed by atoms with Gasteiger partial charge in [0.25, 0.3) is 5.56 Å². The summed E-state index contributed by atoms with van der Waals surface area (Å²) in [4.78, 5) is 13.9. The van der Waals surface area contributed by atoms with Crippen LogP contribution in [0.1, 0.15) is 37.0 Å². The van der Waals surface area contributed by atoms with Crippen LogP contribution in [-0.4, -0.2) is 26.5 Å². The topological polar surface area (TPSA) is 63.9 Å². The maximum atomic E-state index is 11.7. The van der Waals surface area contributed by atoms with Gasteiger partial charge in [0, 0.05) is 43.6 Å². The molecule has 112 valence electrons. The molecule has 0 aromatic carbocycles. The Labute approximate surface area is 127 Å². The minimum atomic E-state index is -0.0664. The summed E-state index contributed by atoms with van der Waals surface area (Å²) in [6, 6.07) is 1.68. The lowest BCUT2D eigenvalue weighted by atomic mass is 9.98. The van der Waals surface area contributed by atoms with E-state index in [0.29, 0.717) is 6.54 Å². The molecule has 0 atom stereocenters. The van der Waals surface area contributed by atoms with E-state index in [9.17, 15) is 4.79 Å². The lowest BCUT2D eigenvalue weighted by Gasteiger charge is -2.27. The Morgan fingerprint density at radius 3 is 2.71 bits per heavy atom. The lowest BCUT2D eigenvalue weighted by molar-refractivity contribution is 0.577. The molecule has 1 aliphatic heterocycles. The fourth-order valence-corrected chi connectivity index (χ4v) is 3.23.